The average Bonchev–Trinajstić information content (AvgIpc) is 2.59. The van der Waals surface area contributed by atoms with Crippen LogP contribution in [0, 0.1) is 4.77 Å². The lowest BCUT2D eigenvalue weighted by Crippen LogP contribution is -2.25. The van der Waals surface area contributed by atoms with Gasteiger partial charge in [0.15, 0.2) is 4.77 Å². The molecule has 1 heterocycles. The van der Waals surface area contributed by atoms with Crippen LogP contribution in [0.25, 0.3) is 0 Å². The maximum absolute atomic E-state index is 5.14. The summed E-state index contributed by atoms with van der Waals surface area (Å²) in [5, 5.41) is 6.74. The van der Waals surface area contributed by atoms with Gasteiger partial charge in [-0.05, 0) is 32.0 Å². The van der Waals surface area contributed by atoms with Gasteiger partial charge < -0.3 is 4.57 Å². The number of aromatic amines is 1. The van der Waals surface area contributed by atoms with Crippen molar-refractivity contribution >= 4 is 12.2 Å². The van der Waals surface area contributed by atoms with Crippen molar-refractivity contribution in [1.29, 1.82) is 0 Å². The van der Waals surface area contributed by atoms with Gasteiger partial charge in [-0.2, -0.15) is 5.10 Å². The van der Waals surface area contributed by atoms with Gasteiger partial charge in [-0.25, -0.2) is 0 Å². The summed E-state index contributed by atoms with van der Waals surface area (Å²) in [4.78, 5) is 0. The molecule has 3 nitrogen and oxygen atoms in total. The molecule has 1 aromatic rings. The Morgan fingerprint density at radius 3 is 2.75 bits per heavy atom. The SMILES string of the molecule is CC1(n2cn[nH]c2=S)CCCC1. The van der Waals surface area contributed by atoms with Gasteiger partial charge >= 0.3 is 0 Å². The number of rotatable bonds is 1. The van der Waals surface area contributed by atoms with Gasteiger partial charge in [0.25, 0.3) is 0 Å². The van der Waals surface area contributed by atoms with E-state index < -0.39 is 0 Å². The zero-order valence-electron chi connectivity index (χ0n) is 7.21. The molecule has 0 spiro atoms. The minimum atomic E-state index is 0.226. The molecule has 0 unspecified atom stereocenters. The summed E-state index contributed by atoms with van der Waals surface area (Å²) in [5.41, 5.74) is 0.226. The smallest absolute Gasteiger partial charge is 0.195 e. The Morgan fingerprint density at radius 1 is 1.58 bits per heavy atom. The molecule has 0 saturated heterocycles. The Hall–Kier alpha value is -0.640. The van der Waals surface area contributed by atoms with Gasteiger partial charge in [-0.15, -0.1) is 0 Å². The fourth-order valence-electron chi connectivity index (χ4n) is 2.01. The highest BCUT2D eigenvalue weighted by Gasteiger charge is 2.30. The van der Waals surface area contributed by atoms with Crippen molar-refractivity contribution in [3.8, 4) is 0 Å². The number of H-pyrrole nitrogens is 1. The van der Waals surface area contributed by atoms with Crippen LogP contribution in [0.3, 0.4) is 0 Å². The van der Waals surface area contributed by atoms with Crippen molar-refractivity contribution in [3.05, 3.63) is 11.1 Å². The number of nitrogens with one attached hydrogen (secondary N) is 1. The van der Waals surface area contributed by atoms with Crippen LogP contribution in [0.1, 0.15) is 32.6 Å². The standard InChI is InChI=1S/C8H13N3S/c1-8(4-2-3-5-8)11-6-9-10-7(11)12/h6H,2-5H2,1H3,(H,10,12). The van der Waals surface area contributed by atoms with Crippen LogP contribution in [0.2, 0.25) is 0 Å². The van der Waals surface area contributed by atoms with E-state index in [1.54, 1.807) is 0 Å². The highest BCUT2D eigenvalue weighted by Crippen LogP contribution is 2.35. The molecule has 1 fully saturated rings. The van der Waals surface area contributed by atoms with Crippen molar-refractivity contribution in [2.45, 2.75) is 38.1 Å². The van der Waals surface area contributed by atoms with Crippen LogP contribution in [-0.4, -0.2) is 14.8 Å². The molecule has 0 aromatic carbocycles. The molecule has 0 radical (unpaired) electrons. The molecule has 1 aliphatic carbocycles. The van der Waals surface area contributed by atoms with Crippen LogP contribution < -0.4 is 0 Å². The number of aromatic nitrogens is 3. The third-order valence-corrected chi connectivity index (χ3v) is 3.10. The summed E-state index contributed by atoms with van der Waals surface area (Å²) in [6, 6.07) is 0. The number of hydrogen-bond acceptors (Lipinski definition) is 2. The number of nitrogens with zero attached hydrogens (tertiary/aromatic N) is 2. The molecule has 1 saturated carbocycles. The predicted molar refractivity (Wildman–Crippen MR) is 49.5 cm³/mol. The summed E-state index contributed by atoms with van der Waals surface area (Å²) in [6.45, 7) is 2.26. The Labute approximate surface area is 76.8 Å². The summed E-state index contributed by atoms with van der Waals surface area (Å²) < 4.78 is 2.84. The second-order valence-corrected chi connectivity index (χ2v) is 4.12. The van der Waals surface area contributed by atoms with E-state index in [9.17, 15) is 0 Å². The minimum absolute atomic E-state index is 0.226. The lowest BCUT2D eigenvalue weighted by atomic mass is 10.0. The van der Waals surface area contributed by atoms with Gasteiger partial charge in [-0.3, -0.25) is 5.10 Å². The molecular weight excluding hydrogens is 170 g/mol. The molecule has 66 valence electrons. The summed E-state index contributed by atoms with van der Waals surface area (Å²) >= 11 is 5.14. The lowest BCUT2D eigenvalue weighted by Gasteiger charge is -2.24. The Morgan fingerprint density at radius 2 is 2.25 bits per heavy atom. The summed E-state index contributed by atoms with van der Waals surface area (Å²) in [6.07, 6.45) is 6.88. The molecule has 1 N–H and O–H groups in total. The van der Waals surface area contributed by atoms with E-state index in [4.69, 9.17) is 12.2 Å². The van der Waals surface area contributed by atoms with Crippen LogP contribution in [0.15, 0.2) is 6.33 Å². The van der Waals surface area contributed by atoms with Gasteiger partial charge in [0.2, 0.25) is 0 Å². The quantitative estimate of drug-likeness (QED) is 0.677. The van der Waals surface area contributed by atoms with E-state index in [1.165, 1.54) is 25.7 Å². The van der Waals surface area contributed by atoms with Gasteiger partial charge in [-0.1, -0.05) is 12.8 Å². The molecular formula is C8H13N3S. The monoisotopic (exact) mass is 183 g/mol. The molecule has 0 bridgehead atoms. The highest BCUT2D eigenvalue weighted by molar-refractivity contribution is 7.71. The van der Waals surface area contributed by atoms with Gasteiger partial charge in [0.05, 0.1) is 0 Å². The second-order valence-electron chi connectivity index (χ2n) is 3.74. The lowest BCUT2D eigenvalue weighted by molar-refractivity contribution is 0.324. The normalized spacial score (nSPS) is 21.4. The molecule has 1 aliphatic rings. The minimum Gasteiger partial charge on any atom is -0.301 e. The second kappa shape index (κ2) is 2.69. The molecule has 0 amide bonds. The third-order valence-electron chi connectivity index (χ3n) is 2.81. The van der Waals surface area contributed by atoms with Crippen LogP contribution in [-0.2, 0) is 5.54 Å². The van der Waals surface area contributed by atoms with E-state index in [1.807, 2.05) is 6.33 Å². The van der Waals surface area contributed by atoms with E-state index in [0.717, 1.165) is 4.77 Å². The number of hydrogen-bond donors (Lipinski definition) is 1. The van der Waals surface area contributed by atoms with Gasteiger partial charge in [0, 0.05) is 5.54 Å². The van der Waals surface area contributed by atoms with Crippen molar-refractivity contribution < 1.29 is 0 Å². The molecule has 1 aromatic heterocycles. The molecule has 2 rings (SSSR count). The third kappa shape index (κ3) is 1.10. The van der Waals surface area contributed by atoms with E-state index in [-0.39, 0.29) is 5.54 Å². The molecule has 4 heteroatoms. The fraction of sp³-hybridized carbons (Fsp3) is 0.750. The first-order valence-corrected chi connectivity index (χ1v) is 4.76. The first-order chi connectivity index (χ1) is 5.72. The average molecular weight is 183 g/mol. The molecule has 12 heavy (non-hydrogen) atoms. The Kier molecular flexibility index (Phi) is 1.79. The predicted octanol–water partition coefficient (Wildman–Crippen LogP) is 2.23. The Bertz CT molecular complexity index is 319. The van der Waals surface area contributed by atoms with Crippen molar-refractivity contribution in [3.63, 3.8) is 0 Å². The first-order valence-electron chi connectivity index (χ1n) is 4.35. The van der Waals surface area contributed by atoms with Crippen molar-refractivity contribution in [2.24, 2.45) is 0 Å². The van der Waals surface area contributed by atoms with E-state index in [2.05, 4.69) is 21.7 Å². The maximum atomic E-state index is 5.14. The van der Waals surface area contributed by atoms with Crippen LogP contribution in [0.4, 0.5) is 0 Å². The topological polar surface area (TPSA) is 33.6 Å². The fourth-order valence-corrected chi connectivity index (χ4v) is 2.33. The largest absolute Gasteiger partial charge is 0.301 e. The van der Waals surface area contributed by atoms with Crippen LogP contribution >= 0.6 is 12.2 Å². The van der Waals surface area contributed by atoms with Crippen molar-refractivity contribution in [1.82, 2.24) is 14.8 Å². The molecule has 0 atom stereocenters. The zero-order valence-corrected chi connectivity index (χ0v) is 8.02. The summed E-state index contributed by atoms with van der Waals surface area (Å²) in [7, 11) is 0. The maximum Gasteiger partial charge on any atom is 0.195 e. The molecule has 0 aliphatic heterocycles. The van der Waals surface area contributed by atoms with E-state index in [0.29, 0.717) is 0 Å². The highest BCUT2D eigenvalue weighted by atomic mass is 32.1. The van der Waals surface area contributed by atoms with Crippen LogP contribution in [0.5, 0.6) is 0 Å². The Balaban J connectivity index is 2.41. The van der Waals surface area contributed by atoms with Gasteiger partial charge in [0.1, 0.15) is 6.33 Å². The zero-order chi connectivity index (χ0) is 8.60. The first kappa shape index (κ1) is 7.98. The van der Waals surface area contributed by atoms with E-state index >= 15 is 0 Å². The summed E-state index contributed by atoms with van der Waals surface area (Å²) in [5.74, 6) is 0. The van der Waals surface area contributed by atoms with Crippen molar-refractivity contribution in [2.75, 3.05) is 0 Å².